The Hall–Kier alpha value is -2.28. The molecule has 0 N–H and O–H groups in total. The summed E-state index contributed by atoms with van der Waals surface area (Å²) < 4.78 is 0. The summed E-state index contributed by atoms with van der Waals surface area (Å²) in [6.07, 6.45) is 7.70. The quantitative estimate of drug-likeness (QED) is 0.0824. The monoisotopic (exact) mass is 568 g/mol. The van der Waals surface area contributed by atoms with Crippen LogP contribution in [0.15, 0.2) is 121 Å². The molecule has 0 unspecified atom stereocenters. The van der Waals surface area contributed by atoms with Gasteiger partial charge in [-0.1, -0.05) is 148 Å². The van der Waals surface area contributed by atoms with Crippen molar-refractivity contribution < 1.29 is 16.5 Å². The zero-order valence-electron chi connectivity index (χ0n) is 21.9. The van der Waals surface area contributed by atoms with Crippen molar-refractivity contribution in [3.8, 4) is 0 Å². The summed E-state index contributed by atoms with van der Waals surface area (Å²) >= 11 is 0. The van der Waals surface area contributed by atoms with Crippen molar-refractivity contribution in [2.45, 2.75) is 39.5 Å². The number of hydrogen-bond acceptors (Lipinski definition) is 1. The molecule has 37 heavy (non-hydrogen) atoms. The summed E-state index contributed by atoms with van der Waals surface area (Å²) in [5.41, 5.74) is 0. The average molecular weight is 569 g/mol. The molecule has 0 radical (unpaired) electrons. The van der Waals surface area contributed by atoms with Crippen molar-refractivity contribution in [3.63, 3.8) is 0 Å². The molecule has 0 spiro atoms. The van der Waals surface area contributed by atoms with Crippen LogP contribution in [0.25, 0.3) is 0 Å². The van der Waals surface area contributed by atoms with E-state index in [4.69, 9.17) is 11.8 Å². The third-order valence-electron chi connectivity index (χ3n) is 5.78. The average Bonchev–Trinajstić information content (AvgIpc) is 2.98. The SMILES string of the molecule is CCCC.[C-]#N.[Ni+2].c1ccc(P(CCCCP(c2ccccc2)c2ccccc2)c2ccccc2)cc1. The van der Waals surface area contributed by atoms with Gasteiger partial charge in [0.2, 0.25) is 0 Å². The first-order chi connectivity index (χ1) is 17.8. The molecule has 0 aliphatic carbocycles. The van der Waals surface area contributed by atoms with Crippen LogP contribution in [0, 0.1) is 11.8 Å². The van der Waals surface area contributed by atoms with Crippen molar-refractivity contribution in [3.05, 3.63) is 128 Å². The Labute approximate surface area is 237 Å². The Bertz CT molecular complexity index is 908. The van der Waals surface area contributed by atoms with Gasteiger partial charge in [-0.05, 0) is 62.2 Å². The fourth-order valence-corrected chi connectivity index (χ4v) is 8.62. The van der Waals surface area contributed by atoms with E-state index in [9.17, 15) is 0 Å². The van der Waals surface area contributed by atoms with Crippen LogP contribution < -0.4 is 21.2 Å². The number of hydrogen-bond donors (Lipinski definition) is 0. The molecule has 0 aliphatic rings. The topological polar surface area (TPSA) is 23.8 Å². The van der Waals surface area contributed by atoms with Crippen LogP contribution in [0.5, 0.6) is 0 Å². The van der Waals surface area contributed by atoms with Crippen LogP contribution in [-0.2, 0) is 16.5 Å². The van der Waals surface area contributed by atoms with Crippen molar-refractivity contribution in [2.75, 3.05) is 12.3 Å². The van der Waals surface area contributed by atoms with Gasteiger partial charge in [0.05, 0.1) is 0 Å². The van der Waals surface area contributed by atoms with Crippen LogP contribution in [-0.4, -0.2) is 12.3 Å². The zero-order valence-corrected chi connectivity index (χ0v) is 24.7. The van der Waals surface area contributed by atoms with Crippen molar-refractivity contribution in [1.82, 2.24) is 0 Å². The molecule has 0 atom stereocenters. The standard InChI is InChI=1S/C28H28P2.C4H10.CN.Ni/c1-5-15-25(16-6-1)29(26-17-7-2-8-18-26)23-13-14-24-30(27-19-9-3-10-20-27)28-21-11-4-12-22-28;1-3-4-2;1-2;/h1-12,15-22H,13-14,23-24H2;3-4H2,1-2H3;;/q;;-1;+2. The van der Waals surface area contributed by atoms with E-state index in [1.165, 1.54) is 59.2 Å². The van der Waals surface area contributed by atoms with Gasteiger partial charge < -0.3 is 11.8 Å². The number of benzene rings is 4. The molecule has 0 aromatic heterocycles. The number of nitrogens with zero attached hydrogens (tertiary/aromatic N) is 1. The fraction of sp³-hybridized carbons (Fsp3) is 0.242. The summed E-state index contributed by atoms with van der Waals surface area (Å²) in [5.74, 6) is 0. The molecule has 4 aromatic rings. The molecule has 0 aliphatic heterocycles. The summed E-state index contributed by atoms with van der Waals surface area (Å²) in [6, 6.07) is 44.3. The molecular formula is C33H38NNiP2+. The summed E-state index contributed by atoms with van der Waals surface area (Å²) in [6.45, 7) is 9.11. The number of unbranched alkanes of at least 4 members (excludes halogenated alkanes) is 2. The minimum atomic E-state index is -0.283. The van der Waals surface area contributed by atoms with Gasteiger partial charge in [0, 0.05) is 0 Å². The van der Waals surface area contributed by atoms with E-state index in [2.05, 4.69) is 135 Å². The van der Waals surface area contributed by atoms with E-state index < -0.39 is 0 Å². The van der Waals surface area contributed by atoms with Crippen molar-refractivity contribution in [1.29, 1.82) is 5.26 Å². The molecule has 4 aromatic carbocycles. The molecule has 0 saturated heterocycles. The Morgan fingerprint density at radius 3 is 0.865 bits per heavy atom. The molecule has 4 rings (SSSR count). The maximum absolute atomic E-state index is 6.25. The predicted octanol–water partition coefficient (Wildman–Crippen LogP) is 7.93. The molecule has 0 fully saturated rings. The first-order valence-electron chi connectivity index (χ1n) is 12.8. The van der Waals surface area contributed by atoms with Gasteiger partial charge in [-0.25, -0.2) is 0 Å². The van der Waals surface area contributed by atoms with Gasteiger partial charge in [0.1, 0.15) is 0 Å². The van der Waals surface area contributed by atoms with E-state index in [1.54, 1.807) is 0 Å². The molecule has 1 nitrogen and oxygen atoms in total. The fourth-order valence-electron chi connectivity index (χ4n) is 3.79. The minimum Gasteiger partial charge on any atom is -0.512 e. The van der Waals surface area contributed by atoms with E-state index in [-0.39, 0.29) is 32.3 Å². The molecule has 4 heteroatoms. The zero-order chi connectivity index (χ0) is 25.8. The summed E-state index contributed by atoms with van der Waals surface area (Å²) in [4.78, 5) is 0. The molecule has 194 valence electrons. The predicted molar refractivity (Wildman–Crippen MR) is 163 cm³/mol. The smallest absolute Gasteiger partial charge is 0.512 e. The van der Waals surface area contributed by atoms with Crippen molar-refractivity contribution >= 4 is 37.1 Å². The second-order valence-corrected chi connectivity index (χ2v) is 13.0. The van der Waals surface area contributed by atoms with Gasteiger partial charge in [0.25, 0.3) is 0 Å². The maximum Gasteiger partial charge on any atom is 2.00 e. The summed E-state index contributed by atoms with van der Waals surface area (Å²) in [7, 11) is -0.566. The van der Waals surface area contributed by atoms with Gasteiger partial charge in [-0.15, -0.1) is 0 Å². The number of rotatable bonds is 10. The Kier molecular flexibility index (Phi) is 18.4. The Morgan fingerprint density at radius 2 is 0.676 bits per heavy atom. The van der Waals surface area contributed by atoms with Crippen LogP contribution >= 0.6 is 15.8 Å². The second-order valence-electron chi connectivity index (χ2n) is 8.35. The van der Waals surface area contributed by atoms with Gasteiger partial charge in [-0.2, -0.15) is 0 Å². The van der Waals surface area contributed by atoms with E-state index in [0.717, 1.165) is 0 Å². The third-order valence-corrected chi connectivity index (χ3v) is 11.0. The van der Waals surface area contributed by atoms with Crippen LogP contribution in [0.2, 0.25) is 0 Å². The Morgan fingerprint density at radius 1 is 0.459 bits per heavy atom. The molecule has 0 saturated carbocycles. The van der Waals surface area contributed by atoms with Crippen LogP contribution in [0.4, 0.5) is 0 Å². The molecule has 0 heterocycles. The van der Waals surface area contributed by atoms with Gasteiger partial charge in [0.15, 0.2) is 0 Å². The van der Waals surface area contributed by atoms with Gasteiger partial charge >= 0.3 is 16.5 Å². The minimum absolute atomic E-state index is 0. The van der Waals surface area contributed by atoms with E-state index in [1.807, 2.05) is 0 Å². The molecular weight excluding hydrogens is 531 g/mol. The molecule has 0 amide bonds. The van der Waals surface area contributed by atoms with Crippen molar-refractivity contribution in [2.24, 2.45) is 0 Å². The Balaban J connectivity index is 0.000000894. The maximum atomic E-state index is 6.25. The van der Waals surface area contributed by atoms with Crippen LogP contribution in [0.3, 0.4) is 0 Å². The third kappa shape index (κ3) is 11.8. The second kappa shape index (κ2) is 20.7. The molecule has 0 bridgehead atoms. The summed E-state index contributed by atoms with van der Waals surface area (Å²) in [5, 5.41) is 12.2. The normalized spacial score (nSPS) is 9.89. The van der Waals surface area contributed by atoms with E-state index >= 15 is 0 Å². The first kappa shape index (κ1) is 32.8. The van der Waals surface area contributed by atoms with E-state index in [0.29, 0.717) is 0 Å². The van der Waals surface area contributed by atoms with Gasteiger partial charge in [-0.3, -0.25) is 0 Å². The first-order valence-corrected chi connectivity index (χ1v) is 15.9. The van der Waals surface area contributed by atoms with Crippen LogP contribution in [0.1, 0.15) is 39.5 Å². The largest absolute Gasteiger partial charge is 2.00 e.